The Morgan fingerprint density at radius 3 is 3.04 bits per heavy atom. The summed E-state index contributed by atoms with van der Waals surface area (Å²) in [6.45, 7) is 2.22. The van der Waals surface area contributed by atoms with Crippen molar-refractivity contribution in [3.63, 3.8) is 0 Å². The summed E-state index contributed by atoms with van der Waals surface area (Å²) in [6, 6.07) is 9.46. The first-order chi connectivity index (χ1) is 13.7. The van der Waals surface area contributed by atoms with Crippen molar-refractivity contribution in [3.05, 3.63) is 63.5 Å². The Kier molecular flexibility index (Phi) is 4.24. The topological polar surface area (TPSA) is 84.3 Å². The molecule has 0 atom stereocenters. The molecule has 0 radical (unpaired) electrons. The zero-order valence-electron chi connectivity index (χ0n) is 15.8. The molecule has 0 amide bonds. The Morgan fingerprint density at radius 2 is 2.21 bits per heavy atom. The van der Waals surface area contributed by atoms with E-state index in [0.29, 0.717) is 12.5 Å². The number of ether oxygens (including phenoxy) is 1. The van der Waals surface area contributed by atoms with Crippen molar-refractivity contribution in [3.8, 4) is 17.0 Å². The van der Waals surface area contributed by atoms with Crippen LogP contribution in [0.4, 0.5) is 0 Å². The van der Waals surface area contributed by atoms with Gasteiger partial charge in [0.25, 0.3) is 5.56 Å². The molecule has 1 aromatic carbocycles. The van der Waals surface area contributed by atoms with Crippen molar-refractivity contribution in [2.45, 2.75) is 38.3 Å². The third-order valence-corrected chi connectivity index (χ3v) is 5.41. The monoisotopic (exact) mass is 378 g/mol. The van der Waals surface area contributed by atoms with E-state index in [2.05, 4.69) is 20.0 Å². The molecule has 1 N–H and O–H groups in total. The molecule has 0 bridgehead atoms. The second kappa shape index (κ2) is 6.91. The quantitative estimate of drug-likeness (QED) is 0.735. The molecule has 144 valence electrons. The Labute approximate surface area is 162 Å². The lowest BCUT2D eigenvalue weighted by Crippen LogP contribution is -2.30. The Balaban J connectivity index is 1.39. The second-order valence-corrected chi connectivity index (χ2v) is 7.52. The van der Waals surface area contributed by atoms with Gasteiger partial charge >= 0.3 is 0 Å². The van der Waals surface area contributed by atoms with Gasteiger partial charge in [0, 0.05) is 49.2 Å². The van der Waals surface area contributed by atoms with E-state index in [-0.39, 0.29) is 5.56 Å². The van der Waals surface area contributed by atoms with Crippen molar-refractivity contribution in [2.75, 3.05) is 13.7 Å². The van der Waals surface area contributed by atoms with Crippen LogP contribution in [0, 0.1) is 0 Å². The van der Waals surface area contributed by atoms with Gasteiger partial charge in [0.1, 0.15) is 23.0 Å². The molecule has 1 aliphatic carbocycles. The zero-order chi connectivity index (χ0) is 19.1. The number of fused-ring (bicyclic) bond motifs is 1. The van der Waals surface area contributed by atoms with E-state index in [1.54, 1.807) is 13.2 Å². The summed E-state index contributed by atoms with van der Waals surface area (Å²) in [5, 5.41) is 4.32. The third kappa shape index (κ3) is 3.33. The maximum absolute atomic E-state index is 12.0. The number of H-pyrrole nitrogens is 1. The van der Waals surface area contributed by atoms with Gasteiger partial charge in [-0.2, -0.15) is 0 Å². The van der Waals surface area contributed by atoms with E-state index in [1.165, 1.54) is 0 Å². The average molecular weight is 378 g/mol. The smallest absolute Gasteiger partial charge is 0.251 e. The van der Waals surface area contributed by atoms with Crippen LogP contribution in [0.5, 0.6) is 5.75 Å². The van der Waals surface area contributed by atoms with E-state index < -0.39 is 0 Å². The van der Waals surface area contributed by atoms with Crippen molar-refractivity contribution in [1.82, 2.24) is 20.0 Å². The van der Waals surface area contributed by atoms with Gasteiger partial charge in [-0.1, -0.05) is 17.3 Å². The van der Waals surface area contributed by atoms with Gasteiger partial charge in [-0.15, -0.1) is 0 Å². The van der Waals surface area contributed by atoms with Crippen LogP contribution in [0.25, 0.3) is 11.3 Å². The molecule has 3 aromatic rings. The van der Waals surface area contributed by atoms with Crippen LogP contribution in [0.2, 0.25) is 0 Å². The van der Waals surface area contributed by atoms with Crippen molar-refractivity contribution in [2.24, 2.45) is 0 Å². The van der Waals surface area contributed by atoms with E-state index in [4.69, 9.17) is 9.26 Å². The van der Waals surface area contributed by atoms with Gasteiger partial charge in [-0.3, -0.25) is 9.69 Å². The first kappa shape index (κ1) is 17.2. The van der Waals surface area contributed by atoms with E-state index in [9.17, 15) is 4.79 Å². The van der Waals surface area contributed by atoms with Crippen molar-refractivity contribution < 1.29 is 9.26 Å². The summed E-state index contributed by atoms with van der Waals surface area (Å²) in [6.07, 6.45) is 3.03. The van der Waals surface area contributed by atoms with Gasteiger partial charge < -0.3 is 14.2 Å². The molecular formula is C21H22N4O3. The average Bonchev–Trinajstić information content (AvgIpc) is 3.47. The van der Waals surface area contributed by atoms with Crippen molar-refractivity contribution >= 4 is 0 Å². The molecule has 28 heavy (non-hydrogen) atoms. The van der Waals surface area contributed by atoms with Crippen LogP contribution in [-0.2, 0) is 19.5 Å². The lowest BCUT2D eigenvalue weighted by molar-refractivity contribution is 0.226. The Bertz CT molecular complexity index is 1070. The molecule has 2 aromatic heterocycles. The van der Waals surface area contributed by atoms with Gasteiger partial charge in [-0.25, -0.2) is 4.98 Å². The molecule has 1 fully saturated rings. The summed E-state index contributed by atoms with van der Waals surface area (Å²) in [5.41, 5.74) is 3.71. The maximum atomic E-state index is 12.0. The minimum Gasteiger partial charge on any atom is -0.497 e. The molecule has 7 nitrogen and oxygen atoms in total. The van der Waals surface area contributed by atoms with Gasteiger partial charge in [0.2, 0.25) is 0 Å². The standard InChI is InChI=1S/C21H22N4O3/c1-27-16-4-2-3-14(9-16)20-17-12-25(8-7-18(17)28-24-20)11-15-10-19(26)23-21(22-15)13-5-6-13/h2-4,9-10,13H,5-8,11-12H2,1H3,(H,22,23,26). The molecule has 1 saturated carbocycles. The number of methoxy groups -OCH3 is 1. The van der Waals surface area contributed by atoms with E-state index in [0.717, 1.165) is 72.2 Å². The fourth-order valence-corrected chi connectivity index (χ4v) is 3.79. The van der Waals surface area contributed by atoms with Crippen LogP contribution >= 0.6 is 0 Å². The summed E-state index contributed by atoms with van der Waals surface area (Å²) in [4.78, 5) is 21.8. The van der Waals surface area contributed by atoms with E-state index in [1.807, 2.05) is 24.3 Å². The molecular weight excluding hydrogens is 356 g/mol. The summed E-state index contributed by atoms with van der Waals surface area (Å²) in [5.74, 6) is 2.99. The highest BCUT2D eigenvalue weighted by atomic mass is 16.5. The number of hydrogen-bond acceptors (Lipinski definition) is 6. The number of nitrogens with zero attached hydrogens (tertiary/aromatic N) is 3. The molecule has 1 aliphatic heterocycles. The predicted molar refractivity (Wildman–Crippen MR) is 103 cm³/mol. The molecule has 2 aliphatic rings. The minimum atomic E-state index is -0.0633. The lowest BCUT2D eigenvalue weighted by Gasteiger charge is -2.25. The summed E-state index contributed by atoms with van der Waals surface area (Å²) < 4.78 is 10.9. The number of hydrogen-bond donors (Lipinski definition) is 1. The van der Waals surface area contributed by atoms with Crippen molar-refractivity contribution in [1.29, 1.82) is 0 Å². The minimum absolute atomic E-state index is 0.0633. The third-order valence-electron chi connectivity index (χ3n) is 5.41. The molecule has 3 heterocycles. The molecule has 0 spiro atoms. The van der Waals surface area contributed by atoms with Gasteiger partial charge in [0.15, 0.2) is 0 Å². The number of rotatable bonds is 5. The fourth-order valence-electron chi connectivity index (χ4n) is 3.79. The molecule has 7 heteroatoms. The Morgan fingerprint density at radius 1 is 1.32 bits per heavy atom. The van der Waals surface area contributed by atoms with Crippen LogP contribution in [-0.4, -0.2) is 33.7 Å². The zero-order valence-corrected chi connectivity index (χ0v) is 15.8. The SMILES string of the molecule is COc1cccc(-c2noc3c2CN(Cc2cc(=O)[nH]c(C4CC4)n2)CC3)c1. The number of aromatic amines is 1. The summed E-state index contributed by atoms with van der Waals surface area (Å²) >= 11 is 0. The maximum Gasteiger partial charge on any atom is 0.251 e. The number of benzene rings is 1. The second-order valence-electron chi connectivity index (χ2n) is 7.52. The summed E-state index contributed by atoms with van der Waals surface area (Å²) in [7, 11) is 1.66. The predicted octanol–water partition coefficient (Wildman–Crippen LogP) is 2.87. The Hall–Kier alpha value is -2.93. The first-order valence-corrected chi connectivity index (χ1v) is 9.64. The fraction of sp³-hybridized carbons (Fsp3) is 0.381. The van der Waals surface area contributed by atoms with Crippen LogP contribution in [0.15, 0.2) is 39.6 Å². The molecule has 0 unspecified atom stereocenters. The highest BCUT2D eigenvalue weighted by molar-refractivity contribution is 5.65. The largest absolute Gasteiger partial charge is 0.497 e. The van der Waals surface area contributed by atoms with Gasteiger partial charge in [-0.05, 0) is 25.0 Å². The van der Waals surface area contributed by atoms with E-state index >= 15 is 0 Å². The lowest BCUT2D eigenvalue weighted by atomic mass is 10.0. The molecule has 5 rings (SSSR count). The first-order valence-electron chi connectivity index (χ1n) is 9.64. The number of nitrogens with one attached hydrogen (secondary N) is 1. The van der Waals surface area contributed by atoms with Crippen LogP contribution in [0.1, 0.15) is 41.6 Å². The van der Waals surface area contributed by atoms with Crippen LogP contribution in [0.3, 0.4) is 0 Å². The highest BCUT2D eigenvalue weighted by Crippen LogP contribution is 2.37. The highest BCUT2D eigenvalue weighted by Gasteiger charge is 2.28. The number of aromatic nitrogens is 3. The normalized spacial score (nSPS) is 16.8. The van der Waals surface area contributed by atoms with Crippen LogP contribution < -0.4 is 10.3 Å². The van der Waals surface area contributed by atoms with Gasteiger partial charge in [0.05, 0.1) is 12.8 Å². The molecule has 0 saturated heterocycles.